The molecule has 1 aromatic carbocycles. The van der Waals surface area contributed by atoms with Gasteiger partial charge in [0.05, 0.1) is 11.3 Å². The van der Waals surface area contributed by atoms with Crippen molar-refractivity contribution < 1.29 is 18.0 Å². The average molecular weight is 490 g/mol. The molecule has 178 valence electrons. The maximum absolute atomic E-state index is 13.7. The largest absolute Gasteiger partial charge is 0.435 e. The van der Waals surface area contributed by atoms with E-state index in [1.165, 1.54) is 6.07 Å². The molecule has 1 fully saturated rings. The maximum atomic E-state index is 13.7. The Labute approximate surface area is 200 Å². The first-order valence-electron chi connectivity index (χ1n) is 11.0. The van der Waals surface area contributed by atoms with Gasteiger partial charge in [-0.25, -0.2) is 9.97 Å². The second-order valence-corrected chi connectivity index (χ2v) is 8.83. The summed E-state index contributed by atoms with van der Waals surface area (Å²) in [5.74, 6) is 0.486. The van der Waals surface area contributed by atoms with Crippen LogP contribution in [0.3, 0.4) is 0 Å². The van der Waals surface area contributed by atoms with Crippen LogP contribution in [0.15, 0.2) is 48.8 Å². The van der Waals surface area contributed by atoms with Crippen LogP contribution in [-0.2, 0) is 12.6 Å². The SMILES string of the molecule is C[C@@H]1CCCN(C(=O)c2cc(Cl)ccc2-c2ncccn2)[C@@H]1CCc1ccc(C(F)(F)F)nn1. The van der Waals surface area contributed by atoms with E-state index in [1.54, 1.807) is 36.7 Å². The molecule has 1 aliphatic heterocycles. The minimum absolute atomic E-state index is 0.103. The fraction of sp³-hybridized carbons (Fsp3) is 0.375. The molecule has 0 radical (unpaired) electrons. The van der Waals surface area contributed by atoms with Crippen molar-refractivity contribution in [1.82, 2.24) is 25.1 Å². The van der Waals surface area contributed by atoms with Gasteiger partial charge in [-0.1, -0.05) is 18.5 Å². The summed E-state index contributed by atoms with van der Waals surface area (Å²) in [7, 11) is 0. The second-order valence-electron chi connectivity index (χ2n) is 8.39. The minimum atomic E-state index is -4.52. The van der Waals surface area contributed by atoms with Gasteiger partial charge in [0.1, 0.15) is 0 Å². The van der Waals surface area contributed by atoms with Crippen molar-refractivity contribution in [1.29, 1.82) is 0 Å². The van der Waals surface area contributed by atoms with Gasteiger partial charge in [-0.2, -0.15) is 18.3 Å². The highest BCUT2D eigenvalue weighted by atomic mass is 35.5. The molecule has 6 nitrogen and oxygen atoms in total. The van der Waals surface area contributed by atoms with Crippen LogP contribution >= 0.6 is 11.6 Å². The van der Waals surface area contributed by atoms with Crippen molar-refractivity contribution in [3.8, 4) is 11.4 Å². The van der Waals surface area contributed by atoms with E-state index in [9.17, 15) is 18.0 Å². The summed E-state index contributed by atoms with van der Waals surface area (Å²) >= 11 is 6.23. The van der Waals surface area contributed by atoms with Gasteiger partial charge in [0.15, 0.2) is 11.5 Å². The number of piperidine rings is 1. The maximum Gasteiger partial charge on any atom is 0.435 e. The number of hydrogen-bond donors (Lipinski definition) is 0. The molecular weight excluding hydrogens is 467 g/mol. The lowest BCUT2D eigenvalue weighted by Crippen LogP contribution is -2.48. The number of nitrogens with zero attached hydrogens (tertiary/aromatic N) is 5. The third kappa shape index (κ3) is 5.35. The number of rotatable bonds is 5. The van der Waals surface area contributed by atoms with Gasteiger partial charge >= 0.3 is 6.18 Å². The molecule has 34 heavy (non-hydrogen) atoms. The smallest absolute Gasteiger partial charge is 0.335 e. The van der Waals surface area contributed by atoms with Crippen molar-refractivity contribution in [3.05, 3.63) is 70.8 Å². The van der Waals surface area contributed by atoms with Gasteiger partial charge in [-0.05, 0) is 68.0 Å². The zero-order valence-electron chi connectivity index (χ0n) is 18.5. The van der Waals surface area contributed by atoms with Crippen LogP contribution in [-0.4, -0.2) is 43.6 Å². The predicted octanol–water partition coefficient (Wildman–Crippen LogP) is 5.48. The molecule has 3 heterocycles. The summed E-state index contributed by atoms with van der Waals surface area (Å²) in [5, 5.41) is 7.48. The molecule has 0 spiro atoms. The first kappa shape index (κ1) is 24.1. The first-order valence-corrected chi connectivity index (χ1v) is 11.4. The number of aryl methyl sites for hydroxylation is 1. The summed E-state index contributed by atoms with van der Waals surface area (Å²) in [6.45, 7) is 2.66. The Morgan fingerprint density at radius 2 is 1.91 bits per heavy atom. The zero-order valence-corrected chi connectivity index (χ0v) is 19.2. The van der Waals surface area contributed by atoms with Crippen molar-refractivity contribution in [2.24, 2.45) is 5.92 Å². The predicted molar refractivity (Wildman–Crippen MR) is 121 cm³/mol. The van der Waals surface area contributed by atoms with Crippen LogP contribution in [0, 0.1) is 5.92 Å². The standard InChI is InChI=1S/C24H23ClF3N5O/c1-15-4-2-13-33(20(15)9-6-17-7-10-21(32-31-17)24(26,27)28)23(34)19-14-16(25)5-8-18(19)22-29-11-3-12-30-22/h3,5,7-8,10-12,14-15,20H,2,4,6,9,13H2,1H3/t15-,20-/m1/s1. The van der Waals surface area contributed by atoms with Crippen LogP contribution in [0.5, 0.6) is 0 Å². The summed E-state index contributed by atoms with van der Waals surface area (Å²) < 4.78 is 38.3. The molecule has 2 atom stereocenters. The number of alkyl halides is 3. The molecule has 0 aliphatic carbocycles. The quantitative estimate of drug-likeness (QED) is 0.474. The molecule has 1 saturated heterocycles. The van der Waals surface area contributed by atoms with E-state index in [2.05, 4.69) is 27.1 Å². The fourth-order valence-electron chi connectivity index (χ4n) is 4.36. The van der Waals surface area contributed by atoms with Gasteiger partial charge in [0, 0.05) is 35.6 Å². The third-order valence-corrected chi connectivity index (χ3v) is 6.34. The topological polar surface area (TPSA) is 71.9 Å². The van der Waals surface area contributed by atoms with Crippen molar-refractivity contribution in [2.45, 2.75) is 44.8 Å². The lowest BCUT2D eigenvalue weighted by molar-refractivity contribution is -0.141. The molecule has 3 aromatic rings. The summed E-state index contributed by atoms with van der Waals surface area (Å²) in [4.78, 5) is 24.1. The Hall–Kier alpha value is -3.07. The minimum Gasteiger partial charge on any atom is -0.335 e. The fourth-order valence-corrected chi connectivity index (χ4v) is 4.54. The molecule has 0 unspecified atom stereocenters. The van der Waals surface area contributed by atoms with E-state index >= 15 is 0 Å². The molecular formula is C24H23ClF3N5O. The van der Waals surface area contributed by atoms with E-state index in [4.69, 9.17) is 11.6 Å². The number of carbonyl (C=O) groups excluding carboxylic acids is 1. The molecule has 10 heteroatoms. The Bertz CT molecular complexity index is 1140. The molecule has 0 N–H and O–H groups in total. The Balaban J connectivity index is 1.57. The molecule has 0 bridgehead atoms. The van der Waals surface area contributed by atoms with E-state index in [0.717, 1.165) is 18.9 Å². The highest BCUT2D eigenvalue weighted by Crippen LogP contribution is 2.32. The number of benzene rings is 1. The molecule has 0 saturated carbocycles. The van der Waals surface area contributed by atoms with Crippen LogP contribution < -0.4 is 0 Å². The highest BCUT2D eigenvalue weighted by Gasteiger charge is 2.34. The second kappa shape index (κ2) is 10.0. The monoisotopic (exact) mass is 489 g/mol. The van der Waals surface area contributed by atoms with Gasteiger partial charge in [0.2, 0.25) is 0 Å². The van der Waals surface area contributed by atoms with Gasteiger partial charge < -0.3 is 4.90 Å². The number of likely N-dealkylation sites (tertiary alicyclic amines) is 1. The van der Waals surface area contributed by atoms with Gasteiger partial charge in [-0.15, -0.1) is 5.10 Å². The van der Waals surface area contributed by atoms with Gasteiger partial charge in [-0.3, -0.25) is 4.79 Å². The number of halogens is 4. The summed E-state index contributed by atoms with van der Waals surface area (Å²) in [6, 6.07) is 8.95. The lowest BCUT2D eigenvalue weighted by Gasteiger charge is -2.40. The molecule has 2 aromatic heterocycles. The van der Waals surface area contributed by atoms with E-state index in [1.807, 2.05) is 4.90 Å². The van der Waals surface area contributed by atoms with Crippen molar-refractivity contribution in [3.63, 3.8) is 0 Å². The van der Waals surface area contributed by atoms with Crippen molar-refractivity contribution in [2.75, 3.05) is 6.54 Å². The van der Waals surface area contributed by atoms with Crippen LogP contribution in [0.2, 0.25) is 5.02 Å². The zero-order chi connectivity index (χ0) is 24.3. The molecule has 4 rings (SSSR count). The first-order chi connectivity index (χ1) is 16.2. The Morgan fingerprint density at radius 3 is 2.59 bits per heavy atom. The van der Waals surface area contributed by atoms with E-state index in [-0.39, 0.29) is 17.9 Å². The number of amides is 1. The summed E-state index contributed by atoms with van der Waals surface area (Å²) in [6.07, 6.45) is 1.49. The third-order valence-electron chi connectivity index (χ3n) is 6.10. The summed E-state index contributed by atoms with van der Waals surface area (Å²) in [5.41, 5.74) is 0.461. The van der Waals surface area contributed by atoms with E-state index < -0.39 is 11.9 Å². The molecule has 1 amide bonds. The highest BCUT2D eigenvalue weighted by molar-refractivity contribution is 6.31. The number of hydrogen-bond acceptors (Lipinski definition) is 5. The van der Waals surface area contributed by atoms with E-state index in [0.29, 0.717) is 47.1 Å². The number of carbonyl (C=O) groups is 1. The van der Waals surface area contributed by atoms with Crippen molar-refractivity contribution >= 4 is 17.5 Å². The normalized spacial score (nSPS) is 18.7. The number of aromatic nitrogens is 4. The molecule has 1 aliphatic rings. The van der Waals surface area contributed by atoms with Crippen LogP contribution in [0.25, 0.3) is 11.4 Å². The van der Waals surface area contributed by atoms with Gasteiger partial charge in [0.25, 0.3) is 5.91 Å². The van der Waals surface area contributed by atoms with Crippen LogP contribution in [0.1, 0.15) is 47.9 Å². The van der Waals surface area contributed by atoms with Crippen LogP contribution in [0.4, 0.5) is 13.2 Å². The average Bonchev–Trinajstić information content (AvgIpc) is 2.83. The Morgan fingerprint density at radius 1 is 1.15 bits per heavy atom. The Kier molecular flexibility index (Phi) is 7.11. The lowest BCUT2D eigenvalue weighted by atomic mass is 9.86.